The fraction of sp³-hybridized carbons (Fsp3) is 0.222. The number of hydrogen-bond donors (Lipinski definition) is 0. The fourth-order valence-electron chi connectivity index (χ4n) is 2.76. The van der Waals surface area contributed by atoms with Crippen LogP contribution in [0, 0.1) is 0 Å². The first-order valence-corrected chi connectivity index (χ1v) is 7.13. The highest BCUT2D eigenvalue weighted by Gasteiger charge is 2.21. The van der Waals surface area contributed by atoms with Gasteiger partial charge >= 0.3 is 11.9 Å². The van der Waals surface area contributed by atoms with Gasteiger partial charge in [0, 0.05) is 31.2 Å². The molecule has 0 aromatic heterocycles. The molecule has 1 aliphatic rings. The second-order valence-electron chi connectivity index (χ2n) is 5.29. The summed E-state index contributed by atoms with van der Waals surface area (Å²) >= 11 is 0. The molecule has 0 heterocycles. The smallest absolute Gasteiger partial charge is 0.308 e. The summed E-state index contributed by atoms with van der Waals surface area (Å²) in [4.78, 5) is 22.5. The third-order valence-electron chi connectivity index (χ3n) is 3.60. The Morgan fingerprint density at radius 2 is 1.91 bits per heavy atom. The Morgan fingerprint density at radius 1 is 1.13 bits per heavy atom. The average molecular weight is 333 g/mol. The number of ether oxygens (including phenoxy) is 2. The number of halogens is 1. The molecule has 0 bridgehead atoms. The second-order valence-corrected chi connectivity index (χ2v) is 5.29. The van der Waals surface area contributed by atoms with Crippen LogP contribution in [0.25, 0.3) is 16.8 Å². The molecule has 2 aromatic rings. The first-order chi connectivity index (χ1) is 10.5. The summed E-state index contributed by atoms with van der Waals surface area (Å²) in [5.41, 5.74) is 1.95. The normalized spacial score (nSPS) is 15.5. The minimum Gasteiger partial charge on any atom is -0.457 e. The van der Waals surface area contributed by atoms with E-state index in [0.29, 0.717) is 12.2 Å². The molecule has 0 saturated heterocycles. The molecule has 0 aliphatic heterocycles. The SMILES string of the molecule is CC(=O)Oc1cccc2cc3c(cc12)C(OC(C)=O)CC=C3.Cl. The molecule has 5 heteroatoms. The van der Waals surface area contributed by atoms with Crippen molar-refractivity contribution < 1.29 is 19.1 Å². The Morgan fingerprint density at radius 3 is 2.61 bits per heavy atom. The van der Waals surface area contributed by atoms with Crippen LogP contribution in [0.4, 0.5) is 0 Å². The molecule has 0 saturated carbocycles. The largest absolute Gasteiger partial charge is 0.457 e. The number of carbonyl (C=O) groups is 2. The van der Waals surface area contributed by atoms with Crippen LogP contribution in [0.3, 0.4) is 0 Å². The molecule has 120 valence electrons. The van der Waals surface area contributed by atoms with Gasteiger partial charge in [-0.15, -0.1) is 12.4 Å². The van der Waals surface area contributed by atoms with Gasteiger partial charge in [-0.2, -0.15) is 0 Å². The third kappa shape index (κ3) is 3.54. The molecular weight excluding hydrogens is 316 g/mol. The summed E-state index contributed by atoms with van der Waals surface area (Å²) in [5.74, 6) is -0.148. The Kier molecular flexibility index (Phi) is 5.06. The van der Waals surface area contributed by atoms with E-state index < -0.39 is 0 Å². The van der Waals surface area contributed by atoms with Crippen LogP contribution in [0.15, 0.2) is 36.4 Å². The average Bonchev–Trinajstić information content (AvgIpc) is 2.45. The number of hydrogen-bond acceptors (Lipinski definition) is 4. The first kappa shape index (κ1) is 17.0. The highest BCUT2D eigenvalue weighted by atomic mass is 35.5. The number of benzene rings is 2. The Labute approximate surface area is 140 Å². The molecule has 0 N–H and O–H groups in total. The van der Waals surface area contributed by atoms with Crippen molar-refractivity contribution in [2.45, 2.75) is 26.4 Å². The predicted molar refractivity (Wildman–Crippen MR) is 90.7 cm³/mol. The van der Waals surface area contributed by atoms with Gasteiger partial charge in [0.1, 0.15) is 11.9 Å². The van der Waals surface area contributed by atoms with Gasteiger partial charge in [0.15, 0.2) is 0 Å². The van der Waals surface area contributed by atoms with Crippen LogP contribution in [-0.4, -0.2) is 11.9 Å². The van der Waals surface area contributed by atoms with Crippen molar-refractivity contribution in [1.29, 1.82) is 0 Å². The standard InChI is InChI=1S/C18H16O4.ClH/c1-11(19)21-17-7-3-5-13-9-14-6-4-8-18(22-12(2)20)16(14)10-15(13)17;/h3-7,9-10,18H,8H2,1-2H3;1H. The molecule has 0 fully saturated rings. The summed E-state index contributed by atoms with van der Waals surface area (Å²) in [6.45, 7) is 2.78. The molecule has 2 aromatic carbocycles. The summed E-state index contributed by atoms with van der Waals surface area (Å²) in [6, 6.07) is 9.54. The van der Waals surface area contributed by atoms with E-state index in [4.69, 9.17) is 9.47 Å². The van der Waals surface area contributed by atoms with Crippen LogP contribution in [0.1, 0.15) is 37.5 Å². The van der Waals surface area contributed by atoms with E-state index >= 15 is 0 Å². The lowest BCUT2D eigenvalue weighted by Crippen LogP contribution is -2.11. The predicted octanol–water partition coefficient (Wildman–Crippen LogP) is 4.21. The van der Waals surface area contributed by atoms with E-state index in [1.807, 2.05) is 36.4 Å². The molecular formula is C18H17ClO4. The van der Waals surface area contributed by atoms with E-state index in [0.717, 1.165) is 21.9 Å². The topological polar surface area (TPSA) is 52.6 Å². The summed E-state index contributed by atoms with van der Waals surface area (Å²) in [5, 5.41) is 1.81. The Bertz CT molecular complexity index is 795. The van der Waals surface area contributed by atoms with Crippen molar-refractivity contribution >= 4 is 41.2 Å². The zero-order valence-corrected chi connectivity index (χ0v) is 13.7. The Hall–Kier alpha value is -2.33. The highest BCUT2D eigenvalue weighted by molar-refractivity contribution is 5.93. The molecule has 0 spiro atoms. The lowest BCUT2D eigenvalue weighted by atomic mass is 9.91. The van der Waals surface area contributed by atoms with Crippen LogP contribution >= 0.6 is 12.4 Å². The van der Waals surface area contributed by atoms with Gasteiger partial charge in [-0.05, 0) is 29.1 Å². The second kappa shape index (κ2) is 6.84. The molecule has 4 nitrogen and oxygen atoms in total. The van der Waals surface area contributed by atoms with Crippen molar-refractivity contribution in [3.8, 4) is 5.75 Å². The van der Waals surface area contributed by atoms with Gasteiger partial charge in [0.2, 0.25) is 0 Å². The van der Waals surface area contributed by atoms with E-state index in [-0.39, 0.29) is 30.4 Å². The molecule has 1 aliphatic carbocycles. The zero-order chi connectivity index (χ0) is 15.7. The van der Waals surface area contributed by atoms with Gasteiger partial charge in [0.25, 0.3) is 0 Å². The number of carbonyl (C=O) groups excluding carboxylic acids is 2. The minimum absolute atomic E-state index is 0. The lowest BCUT2D eigenvalue weighted by molar-refractivity contribution is -0.146. The van der Waals surface area contributed by atoms with Crippen molar-refractivity contribution in [2.24, 2.45) is 0 Å². The molecule has 23 heavy (non-hydrogen) atoms. The van der Waals surface area contributed by atoms with Crippen LogP contribution < -0.4 is 4.74 Å². The molecule has 1 atom stereocenters. The van der Waals surface area contributed by atoms with E-state index in [1.165, 1.54) is 13.8 Å². The summed E-state index contributed by atoms with van der Waals surface area (Å²) < 4.78 is 10.7. The van der Waals surface area contributed by atoms with Crippen LogP contribution in [-0.2, 0) is 14.3 Å². The van der Waals surface area contributed by atoms with Gasteiger partial charge in [0.05, 0.1) is 0 Å². The molecule has 3 rings (SSSR count). The van der Waals surface area contributed by atoms with Crippen molar-refractivity contribution in [3.05, 3.63) is 47.5 Å². The van der Waals surface area contributed by atoms with Gasteiger partial charge in [-0.25, -0.2) is 0 Å². The van der Waals surface area contributed by atoms with E-state index in [1.54, 1.807) is 6.07 Å². The summed E-state index contributed by atoms with van der Waals surface area (Å²) in [7, 11) is 0. The lowest BCUT2D eigenvalue weighted by Gasteiger charge is -2.22. The zero-order valence-electron chi connectivity index (χ0n) is 12.9. The van der Waals surface area contributed by atoms with E-state index in [9.17, 15) is 9.59 Å². The summed E-state index contributed by atoms with van der Waals surface area (Å²) in [6.07, 6.45) is 4.37. The van der Waals surface area contributed by atoms with Crippen molar-refractivity contribution in [2.75, 3.05) is 0 Å². The molecule has 1 unspecified atom stereocenters. The van der Waals surface area contributed by atoms with Gasteiger partial charge < -0.3 is 9.47 Å². The third-order valence-corrected chi connectivity index (χ3v) is 3.60. The van der Waals surface area contributed by atoms with Crippen LogP contribution in [0.5, 0.6) is 5.75 Å². The van der Waals surface area contributed by atoms with Gasteiger partial charge in [-0.3, -0.25) is 9.59 Å². The maximum Gasteiger partial charge on any atom is 0.308 e. The molecule has 0 amide bonds. The minimum atomic E-state index is -0.360. The Balaban J connectivity index is 0.00000192. The number of esters is 2. The van der Waals surface area contributed by atoms with Crippen LogP contribution in [0.2, 0.25) is 0 Å². The number of fused-ring (bicyclic) bond motifs is 2. The fourth-order valence-corrected chi connectivity index (χ4v) is 2.76. The van der Waals surface area contributed by atoms with Gasteiger partial charge in [-0.1, -0.05) is 24.3 Å². The quantitative estimate of drug-likeness (QED) is 0.610. The maximum atomic E-state index is 11.3. The maximum absolute atomic E-state index is 11.3. The van der Waals surface area contributed by atoms with Crippen molar-refractivity contribution in [3.63, 3.8) is 0 Å². The highest BCUT2D eigenvalue weighted by Crippen LogP contribution is 2.36. The first-order valence-electron chi connectivity index (χ1n) is 7.13. The van der Waals surface area contributed by atoms with Crippen molar-refractivity contribution in [1.82, 2.24) is 0 Å². The van der Waals surface area contributed by atoms with E-state index in [2.05, 4.69) is 0 Å². The monoisotopic (exact) mass is 332 g/mol. The number of rotatable bonds is 2. The molecule has 0 radical (unpaired) electrons.